The molecule has 194 valence electrons. The third-order valence-corrected chi connectivity index (χ3v) is 7.18. The van der Waals surface area contributed by atoms with Crippen molar-refractivity contribution in [1.82, 2.24) is 14.3 Å². The number of amides is 1. The van der Waals surface area contributed by atoms with E-state index in [0.717, 1.165) is 23.3 Å². The first-order valence-corrected chi connectivity index (χ1v) is 13.3. The first-order valence-electron chi connectivity index (χ1n) is 12.0. The lowest BCUT2D eigenvalue weighted by atomic mass is 10.2. The molecule has 4 rings (SSSR count). The fraction of sp³-hybridized carbons (Fsp3) is 0.333. The van der Waals surface area contributed by atoms with Crippen LogP contribution in [0.15, 0.2) is 52.3 Å². The second kappa shape index (κ2) is 11.9. The summed E-state index contributed by atoms with van der Waals surface area (Å²) in [5, 5.41) is 3.28. The third kappa shape index (κ3) is 6.20. The van der Waals surface area contributed by atoms with Crippen molar-refractivity contribution in [2.45, 2.75) is 39.8 Å². The second-order valence-electron chi connectivity index (χ2n) is 8.88. The van der Waals surface area contributed by atoms with Crippen LogP contribution in [0.3, 0.4) is 0 Å². The van der Waals surface area contributed by atoms with Gasteiger partial charge >= 0.3 is 0 Å². The number of rotatable bonds is 10. The Balaban J connectivity index is 1.64. The molecule has 1 aromatic carbocycles. The SMILES string of the molecule is COc1ccc(CN2C(=O)/C(=C/c3c(NCCCOC(C)C)nc4c(C)cccn4c3=O)SC2=S)cc1. The van der Waals surface area contributed by atoms with Crippen molar-refractivity contribution in [3.63, 3.8) is 0 Å². The van der Waals surface area contributed by atoms with E-state index in [1.807, 2.05) is 51.1 Å². The Morgan fingerprint density at radius 1 is 1.19 bits per heavy atom. The lowest BCUT2D eigenvalue weighted by Gasteiger charge is -2.15. The Hall–Kier alpha value is -3.21. The fourth-order valence-electron chi connectivity index (χ4n) is 3.86. The predicted octanol–water partition coefficient (Wildman–Crippen LogP) is 4.64. The van der Waals surface area contributed by atoms with Crippen LogP contribution in [0.1, 0.15) is 37.0 Å². The number of nitrogens with one attached hydrogen (secondary N) is 1. The van der Waals surface area contributed by atoms with E-state index in [1.54, 1.807) is 30.3 Å². The molecule has 0 unspecified atom stereocenters. The van der Waals surface area contributed by atoms with Gasteiger partial charge < -0.3 is 14.8 Å². The Morgan fingerprint density at radius 3 is 2.65 bits per heavy atom. The van der Waals surface area contributed by atoms with Gasteiger partial charge in [-0.3, -0.25) is 18.9 Å². The highest BCUT2D eigenvalue weighted by Gasteiger charge is 2.32. The zero-order chi connectivity index (χ0) is 26.5. The zero-order valence-corrected chi connectivity index (χ0v) is 22.9. The van der Waals surface area contributed by atoms with Gasteiger partial charge in [-0.15, -0.1) is 0 Å². The van der Waals surface area contributed by atoms with Crippen LogP contribution in [0.4, 0.5) is 5.82 Å². The molecule has 1 amide bonds. The van der Waals surface area contributed by atoms with Gasteiger partial charge in [0, 0.05) is 19.3 Å². The Bertz CT molecular complexity index is 1400. The number of fused-ring (bicyclic) bond motifs is 1. The number of benzene rings is 1. The van der Waals surface area contributed by atoms with E-state index in [-0.39, 0.29) is 17.6 Å². The van der Waals surface area contributed by atoms with Crippen LogP contribution >= 0.6 is 24.0 Å². The molecule has 37 heavy (non-hydrogen) atoms. The van der Waals surface area contributed by atoms with Gasteiger partial charge in [0.15, 0.2) is 0 Å². The molecule has 0 spiro atoms. The number of carbonyl (C=O) groups is 1. The van der Waals surface area contributed by atoms with Crippen LogP contribution in [0, 0.1) is 6.92 Å². The summed E-state index contributed by atoms with van der Waals surface area (Å²) in [7, 11) is 1.61. The number of anilines is 1. The number of thioether (sulfide) groups is 1. The average molecular weight is 539 g/mol. The van der Waals surface area contributed by atoms with Gasteiger partial charge in [-0.2, -0.15) is 0 Å². The molecule has 0 radical (unpaired) electrons. The van der Waals surface area contributed by atoms with Crippen LogP contribution in [0.5, 0.6) is 5.75 Å². The number of methoxy groups -OCH3 is 1. The number of aromatic nitrogens is 2. The van der Waals surface area contributed by atoms with Gasteiger partial charge in [0.25, 0.3) is 11.5 Å². The number of nitrogens with zero attached hydrogens (tertiary/aromatic N) is 3. The van der Waals surface area contributed by atoms with E-state index in [4.69, 9.17) is 26.7 Å². The standard InChI is InChI=1S/C27H30N4O4S2/c1-17(2)35-14-6-12-28-23-21(25(32)30-13-5-7-18(3)24(30)29-23)15-22-26(33)31(27(36)37-22)16-19-8-10-20(34-4)11-9-19/h5,7-11,13,15,17,28H,6,12,14,16H2,1-4H3/b22-15-. The summed E-state index contributed by atoms with van der Waals surface area (Å²) in [6, 6.07) is 11.2. The van der Waals surface area contributed by atoms with Crippen molar-refractivity contribution in [2.24, 2.45) is 0 Å². The molecule has 2 aromatic heterocycles. The minimum absolute atomic E-state index is 0.154. The van der Waals surface area contributed by atoms with Gasteiger partial charge in [-0.25, -0.2) is 4.98 Å². The number of aryl methyl sites for hydroxylation is 1. The van der Waals surface area contributed by atoms with Crippen molar-refractivity contribution in [2.75, 3.05) is 25.6 Å². The van der Waals surface area contributed by atoms with Crippen LogP contribution in [0.2, 0.25) is 0 Å². The maximum Gasteiger partial charge on any atom is 0.267 e. The summed E-state index contributed by atoms with van der Waals surface area (Å²) in [6.45, 7) is 7.39. The highest BCUT2D eigenvalue weighted by molar-refractivity contribution is 8.26. The largest absolute Gasteiger partial charge is 0.497 e. The molecule has 1 aliphatic heterocycles. The van der Waals surface area contributed by atoms with Gasteiger partial charge in [-0.1, -0.05) is 42.2 Å². The molecular weight excluding hydrogens is 508 g/mol. The summed E-state index contributed by atoms with van der Waals surface area (Å²) in [5.41, 5.74) is 2.43. The van der Waals surface area contributed by atoms with E-state index in [0.29, 0.717) is 46.0 Å². The highest BCUT2D eigenvalue weighted by Crippen LogP contribution is 2.34. The number of thiocarbonyl (C=S) groups is 1. The van der Waals surface area contributed by atoms with Gasteiger partial charge in [0.2, 0.25) is 0 Å². The molecule has 3 heterocycles. The van der Waals surface area contributed by atoms with Crippen LogP contribution < -0.4 is 15.6 Å². The summed E-state index contributed by atoms with van der Waals surface area (Å²) in [4.78, 5) is 33.5. The zero-order valence-electron chi connectivity index (χ0n) is 21.3. The third-order valence-electron chi connectivity index (χ3n) is 5.80. The summed E-state index contributed by atoms with van der Waals surface area (Å²) in [6.07, 6.45) is 4.19. The number of ether oxygens (including phenoxy) is 2. The molecule has 1 saturated heterocycles. The Morgan fingerprint density at radius 2 is 1.95 bits per heavy atom. The molecule has 8 nitrogen and oxygen atoms in total. The maximum absolute atomic E-state index is 13.5. The van der Waals surface area contributed by atoms with Gasteiger partial charge in [-0.05, 0) is 62.6 Å². The predicted molar refractivity (Wildman–Crippen MR) is 152 cm³/mol. The first-order chi connectivity index (χ1) is 17.8. The molecule has 0 bridgehead atoms. The van der Waals surface area contributed by atoms with E-state index >= 15 is 0 Å². The number of hydrogen-bond donors (Lipinski definition) is 1. The van der Waals surface area contributed by atoms with Crippen molar-refractivity contribution in [3.8, 4) is 5.75 Å². The summed E-state index contributed by atoms with van der Waals surface area (Å²) >= 11 is 6.70. The van der Waals surface area contributed by atoms with Crippen LogP contribution in [0.25, 0.3) is 11.7 Å². The van der Waals surface area contributed by atoms with Crippen molar-refractivity contribution in [3.05, 3.63) is 74.5 Å². The minimum atomic E-state index is -0.255. The monoisotopic (exact) mass is 538 g/mol. The van der Waals surface area contributed by atoms with Crippen LogP contribution in [-0.4, -0.2) is 50.9 Å². The number of carbonyl (C=O) groups excluding carboxylic acids is 1. The smallest absolute Gasteiger partial charge is 0.267 e. The van der Waals surface area contributed by atoms with Gasteiger partial charge in [0.1, 0.15) is 21.5 Å². The fourth-order valence-corrected chi connectivity index (χ4v) is 5.09. The van der Waals surface area contributed by atoms with Crippen LogP contribution in [-0.2, 0) is 16.1 Å². The molecule has 0 aliphatic carbocycles. The molecule has 0 saturated carbocycles. The molecule has 3 aromatic rings. The highest BCUT2D eigenvalue weighted by atomic mass is 32.2. The van der Waals surface area contributed by atoms with Crippen molar-refractivity contribution >= 4 is 51.7 Å². The van der Waals surface area contributed by atoms with E-state index < -0.39 is 0 Å². The quantitative estimate of drug-likeness (QED) is 0.227. The van der Waals surface area contributed by atoms with Crippen molar-refractivity contribution in [1.29, 1.82) is 0 Å². The normalized spacial score (nSPS) is 14.8. The molecule has 1 N–H and O–H groups in total. The second-order valence-corrected chi connectivity index (χ2v) is 10.6. The summed E-state index contributed by atoms with van der Waals surface area (Å²) in [5.74, 6) is 0.935. The van der Waals surface area contributed by atoms with Crippen molar-refractivity contribution < 1.29 is 14.3 Å². The Labute approximate surface area is 225 Å². The molecule has 0 atom stereocenters. The Kier molecular flexibility index (Phi) is 8.63. The van der Waals surface area contributed by atoms with E-state index in [2.05, 4.69) is 5.32 Å². The molecule has 10 heteroatoms. The number of hydrogen-bond acceptors (Lipinski definition) is 8. The van der Waals surface area contributed by atoms with E-state index in [1.165, 1.54) is 16.2 Å². The lowest BCUT2D eigenvalue weighted by molar-refractivity contribution is -0.122. The maximum atomic E-state index is 13.5. The molecule has 1 aliphatic rings. The number of pyridine rings is 1. The minimum Gasteiger partial charge on any atom is -0.497 e. The first kappa shape index (κ1) is 26.8. The topological polar surface area (TPSA) is 85.2 Å². The molecule has 1 fully saturated rings. The van der Waals surface area contributed by atoms with E-state index in [9.17, 15) is 9.59 Å². The lowest BCUT2D eigenvalue weighted by Crippen LogP contribution is -2.27. The molecular formula is C27H30N4O4S2. The van der Waals surface area contributed by atoms with Gasteiger partial charge in [0.05, 0.1) is 30.2 Å². The summed E-state index contributed by atoms with van der Waals surface area (Å²) < 4.78 is 12.8. The average Bonchev–Trinajstić information content (AvgIpc) is 3.14.